The predicted octanol–water partition coefficient (Wildman–Crippen LogP) is 2.67. The number of fused-ring (bicyclic) bond motifs is 1. The lowest BCUT2D eigenvalue weighted by Crippen LogP contribution is -2.48. The summed E-state index contributed by atoms with van der Waals surface area (Å²) in [6.45, 7) is 1.60. The summed E-state index contributed by atoms with van der Waals surface area (Å²) >= 11 is 0. The number of esters is 1. The second-order valence-corrected chi connectivity index (χ2v) is 5.60. The molecule has 0 spiro atoms. The van der Waals surface area contributed by atoms with Gasteiger partial charge in [-0.1, -0.05) is 18.2 Å². The lowest BCUT2D eigenvalue weighted by atomic mass is 9.89. The third kappa shape index (κ3) is 2.79. The molecule has 2 aromatic carbocycles. The normalized spacial score (nSPS) is 19.2. The molecule has 114 valence electrons. The molecule has 0 radical (unpaired) electrons. The summed E-state index contributed by atoms with van der Waals surface area (Å²) in [6, 6.07) is 15.6. The van der Waals surface area contributed by atoms with Gasteiger partial charge in [0.2, 0.25) is 0 Å². The van der Waals surface area contributed by atoms with Crippen LogP contribution in [0.2, 0.25) is 0 Å². The fraction of sp³-hybridized carbons (Fsp3) is 0.167. The summed E-state index contributed by atoms with van der Waals surface area (Å²) in [4.78, 5) is 24.6. The van der Waals surface area contributed by atoms with Crippen LogP contribution in [0.5, 0.6) is 0 Å². The number of hydrogen-bond donors (Lipinski definition) is 1. The topological polar surface area (TPSA) is 79.2 Å². The number of nitrogens with one attached hydrogen (secondary N) is 1. The summed E-state index contributed by atoms with van der Waals surface area (Å²) < 4.78 is 5.38. The van der Waals surface area contributed by atoms with Gasteiger partial charge in [-0.3, -0.25) is 4.79 Å². The number of nitriles is 1. The van der Waals surface area contributed by atoms with Crippen LogP contribution in [0.25, 0.3) is 0 Å². The Morgan fingerprint density at radius 3 is 2.61 bits per heavy atom. The molecular formula is C18H14N2O3. The van der Waals surface area contributed by atoms with Crippen molar-refractivity contribution in [3.8, 4) is 6.07 Å². The Morgan fingerprint density at radius 1 is 1.22 bits per heavy atom. The summed E-state index contributed by atoms with van der Waals surface area (Å²) in [6.07, 6.45) is 0.316. The van der Waals surface area contributed by atoms with Crippen molar-refractivity contribution in [1.82, 2.24) is 0 Å². The molecule has 0 aromatic heterocycles. The number of benzene rings is 2. The minimum absolute atomic E-state index is 0.316. The maximum Gasteiger partial charge on any atom is 0.339 e. The van der Waals surface area contributed by atoms with E-state index in [1.165, 1.54) is 0 Å². The highest BCUT2D eigenvalue weighted by atomic mass is 16.6. The van der Waals surface area contributed by atoms with Crippen molar-refractivity contribution in [3.63, 3.8) is 0 Å². The van der Waals surface area contributed by atoms with Crippen molar-refractivity contribution in [2.24, 2.45) is 0 Å². The number of carbonyl (C=O) groups excluding carboxylic acids is 2. The molecule has 5 nitrogen and oxygen atoms in total. The van der Waals surface area contributed by atoms with Crippen molar-refractivity contribution < 1.29 is 14.3 Å². The van der Waals surface area contributed by atoms with Crippen molar-refractivity contribution in [2.75, 3.05) is 5.32 Å². The van der Waals surface area contributed by atoms with Gasteiger partial charge in [0, 0.05) is 12.1 Å². The van der Waals surface area contributed by atoms with Crippen LogP contribution in [0.3, 0.4) is 0 Å². The first-order valence-corrected chi connectivity index (χ1v) is 7.15. The van der Waals surface area contributed by atoms with Gasteiger partial charge in [0.1, 0.15) is 0 Å². The lowest BCUT2D eigenvalue weighted by molar-refractivity contribution is -0.134. The Kier molecular flexibility index (Phi) is 3.59. The zero-order chi connectivity index (χ0) is 16.4. The Labute approximate surface area is 133 Å². The molecule has 1 atom stereocenters. The minimum atomic E-state index is -1.26. The van der Waals surface area contributed by atoms with Gasteiger partial charge in [0.15, 0.2) is 5.60 Å². The van der Waals surface area contributed by atoms with E-state index in [4.69, 9.17) is 10.00 Å². The first-order chi connectivity index (χ1) is 11.0. The Balaban J connectivity index is 1.82. The highest BCUT2D eigenvalue weighted by molar-refractivity contribution is 6.02. The summed E-state index contributed by atoms with van der Waals surface area (Å²) in [5.74, 6) is -0.894. The quantitative estimate of drug-likeness (QED) is 0.865. The van der Waals surface area contributed by atoms with Gasteiger partial charge in [0.05, 0.1) is 17.2 Å². The molecule has 0 unspecified atom stereocenters. The minimum Gasteiger partial charge on any atom is -0.445 e. The van der Waals surface area contributed by atoms with E-state index in [0.717, 1.165) is 5.56 Å². The number of hydrogen-bond acceptors (Lipinski definition) is 4. The van der Waals surface area contributed by atoms with Gasteiger partial charge in [-0.25, -0.2) is 4.79 Å². The standard InChI is InChI=1S/C18H14N2O3/c1-18(10-13-4-2-3-5-15(13)16(21)23-18)17(22)20-14-8-6-12(11-19)7-9-14/h2-9H,10H2,1H3,(H,20,22)/t18-/m0/s1. The fourth-order valence-corrected chi connectivity index (χ4v) is 2.55. The molecule has 1 aliphatic heterocycles. The van der Waals surface area contributed by atoms with Crippen LogP contribution in [-0.4, -0.2) is 17.5 Å². The Hall–Kier alpha value is -3.13. The SMILES string of the molecule is C[C@@]1(C(=O)Nc2ccc(C#N)cc2)Cc2ccccc2C(=O)O1. The van der Waals surface area contributed by atoms with Crippen molar-refractivity contribution in [1.29, 1.82) is 5.26 Å². The van der Waals surface area contributed by atoms with Gasteiger partial charge in [0.25, 0.3) is 5.91 Å². The number of carbonyl (C=O) groups is 2. The van der Waals surface area contributed by atoms with Gasteiger partial charge in [-0.05, 0) is 42.8 Å². The molecular weight excluding hydrogens is 292 g/mol. The van der Waals surface area contributed by atoms with E-state index in [1.807, 2.05) is 18.2 Å². The van der Waals surface area contributed by atoms with Gasteiger partial charge >= 0.3 is 5.97 Å². The van der Waals surface area contributed by atoms with Crippen LogP contribution in [0.4, 0.5) is 5.69 Å². The third-order valence-corrected chi connectivity index (χ3v) is 3.84. The number of amides is 1. The molecule has 0 saturated heterocycles. The van der Waals surface area contributed by atoms with Crippen LogP contribution in [0.15, 0.2) is 48.5 Å². The Morgan fingerprint density at radius 2 is 1.91 bits per heavy atom. The van der Waals surface area contributed by atoms with Crippen molar-refractivity contribution in [3.05, 3.63) is 65.2 Å². The number of anilines is 1. The smallest absolute Gasteiger partial charge is 0.339 e. The van der Waals surface area contributed by atoms with Crippen LogP contribution in [-0.2, 0) is 16.0 Å². The van der Waals surface area contributed by atoms with E-state index in [1.54, 1.807) is 43.3 Å². The average Bonchev–Trinajstić information content (AvgIpc) is 2.55. The summed E-state index contributed by atoms with van der Waals surface area (Å²) in [7, 11) is 0. The first kappa shape index (κ1) is 14.8. The molecule has 23 heavy (non-hydrogen) atoms. The molecule has 0 bridgehead atoms. The number of cyclic esters (lactones) is 1. The third-order valence-electron chi connectivity index (χ3n) is 3.84. The van der Waals surface area contributed by atoms with E-state index in [2.05, 4.69) is 5.32 Å². The molecule has 0 aliphatic carbocycles. The van der Waals surface area contributed by atoms with Crippen molar-refractivity contribution in [2.45, 2.75) is 18.9 Å². The van der Waals surface area contributed by atoms with E-state index in [-0.39, 0.29) is 0 Å². The maximum absolute atomic E-state index is 12.5. The maximum atomic E-state index is 12.5. The van der Waals surface area contributed by atoms with Crippen LogP contribution >= 0.6 is 0 Å². The predicted molar refractivity (Wildman–Crippen MR) is 83.8 cm³/mol. The molecule has 1 heterocycles. The van der Waals surface area contributed by atoms with E-state index >= 15 is 0 Å². The number of nitrogens with zero attached hydrogens (tertiary/aromatic N) is 1. The van der Waals surface area contributed by atoms with E-state index in [9.17, 15) is 9.59 Å². The Bertz CT molecular complexity index is 821. The molecule has 1 amide bonds. The van der Waals surface area contributed by atoms with Crippen LogP contribution < -0.4 is 5.32 Å². The van der Waals surface area contributed by atoms with E-state index < -0.39 is 17.5 Å². The highest BCUT2D eigenvalue weighted by Gasteiger charge is 2.42. The molecule has 5 heteroatoms. The zero-order valence-corrected chi connectivity index (χ0v) is 12.5. The first-order valence-electron chi connectivity index (χ1n) is 7.15. The van der Waals surface area contributed by atoms with Crippen LogP contribution in [0.1, 0.15) is 28.4 Å². The zero-order valence-electron chi connectivity index (χ0n) is 12.5. The average molecular weight is 306 g/mol. The van der Waals surface area contributed by atoms with Gasteiger partial charge in [-0.15, -0.1) is 0 Å². The largest absolute Gasteiger partial charge is 0.445 e. The van der Waals surface area contributed by atoms with Gasteiger partial charge in [-0.2, -0.15) is 5.26 Å². The molecule has 1 aliphatic rings. The monoisotopic (exact) mass is 306 g/mol. The molecule has 0 saturated carbocycles. The highest BCUT2D eigenvalue weighted by Crippen LogP contribution is 2.29. The summed E-state index contributed by atoms with van der Waals surface area (Å²) in [5, 5.41) is 11.5. The second kappa shape index (κ2) is 5.58. The number of rotatable bonds is 2. The second-order valence-electron chi connectivity index (χ2n) is 5.60. The molecule has 0 fully saturated rings. The molecule has 3 rings (SSSR count). The van der Waals surface area contributed by atoms with Gasteiger partial charge < -0.3 is 10.1 Å². The van der Waals surface area contributed by atoms with Crippen LogP contribution in [0, 0.1) is 11.3 Å². The summed E-state index contributed by atoms with van der Waals surface area (Å²) in [5.41, 5.74) is 1.08. The van der Waals surface area contributed by atoms with Crippen molar-refractivity contribution >= 4 is 17.6 Å². The molecule has 2 aromatic rings. The lowest BCUT2D eigenvalue weighted by Gasteiger charge is -2.33. The van der Waals surface area contributed by atoms with E-state index in [0.29, 0.717) is 23.2 Å². The fourth-order valence-electron chi connectivity index (χ4n) is 2.55. The molecule has 1 N–H and O–H groups in total. The number of ether oxygens (including phenoxy) is 1.